The third-order valence-corrected chi connectivity index (χ3v) is 3.39. The molecular formula is C16H13FO3S. The van der Waals surface area contributed by atoms with Crippen LogP contribution in [-0.2, 0) is 4.79 Å². The molecular weight excluding hydrogens is 291 g/mol. The Morgan fingerprint density at radius 2 is 2.05 bits per heavy atom. The summed E-state index contributed by atoms with van der Waals surface area (Å²) >= 11 is 1.53. The molecule has 0 spiro atoms. The molecule has 0 aliphatic rings. The summed E-state index contributed by atoms with van der Waals surface area (Å²) < 4.78 is 19.3. The molecule has 2 rings (SSSR count). The highest BCUT2D eigenvalue weighted by Crippen LogP contribution is 2.32. The van der Waals surface area contributed by atoms with Gasteiger partial charge in [0.2, 0.25) is 0 Å². The topological polar surface area (TPSA) is 46.5 Å². The van der Waals surface area contributed by atoms with Crippen LogP contribution in [0.15, 0.2) is 53.4 Å². The maximum Gasteiger partial charge on any atom is 0.328 e. The minimum absolute atomic E-state index is 0.321. The highest BCUT2D eigenvalue weighted by atomic mass is 32.2. The average molecular weight is 304 g/mol. The number of carboxylic acid groups (broad SMARTS) is 1. The number of para-hydroxylation sites is 1. The molecule has 0 atom stereocenters. The van der Waals surface area contributed by atoms with Gasteiger partial charge in [-0.15, -0.1) is 11.8 Å². The number of rotatable bonds is 5. The fourth-order valence-electron chi connectivity index (χ4n) is 1.74. The summed E-state index contributed by atoms with van der Waals surface area (Å²) in [4.78, 5) is 11.4. The number of benzene rings is 2. The summed E-state index contributed by atoms with van der Waals surface area (Å²) in [6.45, 7) is 0. The summed E-state index contributed by atoms with van der Waals surface area (Å²) in [6.07, 6.45) is 4.20. The lowest BCUT2D eigenvalue weighted by Crippen LogP contribution is -1.90. The van der Waals surface area contributed by atoms with Gasteiger partial charge in [-0.25, -0.2) is 9.18 Å². The van der Waals surface area contributed by atoms with Gasteiger partial charge in [0.25, 0.3) is 0 Å². The van der Waals surface area contributed by atoms with Crippen molar-refractivity contribution < 1.29 is 19.0 Å². The Morgan fingerprint density at radius 3 is 2.76 bits per heavy atom. The molecule has 0 aliphatic heterocycles. The normalized spacial score (nSPS) is 10.8. The van der Waals surface area contributed by atoms with Crippen LogP contribution in [0, 0.1) is 5.82 Å². The van der Waals surface area contributed by atoms with Crippen LogP contribution in [0.3, 0.4) is 0 Å². The molecule has 0 saturated heterocycles. The van der Waals surface area contributed by atoms with Crippen LogP contribution in [-0.4, -0.2) is 17.3 Å². The zero-order chi connectivity index (χ0) is 15.2. The second-order valence-corrected chi connectivity index (χ2v) is 4.99. The Labute approximate surface area is 126 Å². The van der Waals surface area contributed by atoms with E-state index in [2.05, 4.69) is 0 Å². The van der Waals surface area contributed by atoms with Crippen molar-refractivity contribution >= 4 is 23.8 Å². The van der Waals surface area contributed by atoms with E-state index in [0.29, 0.717) is 17.1 Å². The molecule has 0 fully saturated rings. The number of aliphatic carboxylic acids is 1. The van der Waals surface area contributed by atoms with Crippen molar-refractivity contribution in [3.63, 3.8) is 0 Å². The summed E-state index contributed by atoms with van der Waals surface area (Å²) in [6, 6.07) is 11.5. The van der Waals surface area contributed by atoms with Gasteiger partial charge in [0.1, 0.15) is 17.3 Å². The fraction of sp³-hybridized carbons (Fsp3) is 0.0625. The molecule has 5 heteroatoms. The van der Waals surface area contributed by atoms with Gasteiger partial charge in [0.05, 0.1) is 0 Å². The molecule has 0 amide bonds. The van der Waals surface area contributed by atoms with Crippen molar-refractivity contribution in [2.45, 2.75) is 4.90 Å². The van der Waals surface area contributed by atoms with Crippen LogP contribution >= 0.6 is 11.8 Å². The lowest BCUT2D eigenvalue weighted by molar-refractivity contribution is -0.131. The Hall–Kier alpha value is -2.27. The van der Waals surface area contributed by atoms with Crippen LogP contribution in [0.1, 0.15) is 5.56 Å². The summed E-state index contributed by atoms with van der Waals surface area (Å²) in [5, 5.41) is 8.60. The van der Waals surface area contributed by atoms with Crippen LogP contribution in [0.25, 0.3) is 6.08 Å². The van der Waals surface area contributed by atoms with E-state index in [1.54, 1.807) is 12.1 Å². The Kier molecular flexibility index (Phi) is 5.00. The molecule has 0 aliphatic carbocycles. The molecule has 2 aromatic rings. The number of hydrogen-bond donors (Lipinski definition) is 1. The number of hydrogen-bond acceptors (Lipinski definition) is 3. The van der Waals surface area contributed by atoms with Crippen molar-refractivity contribution in [3.8, 4) is 11.5 Å². The van der Waals surface area contributed by atoms with Gasteiger partial charge in [-0.2, -0.15) is 0 Å². The van der Waals surface area contributed by atoms with Crippen molar-refractivity contribution in [2.24, 2.45) is 0 Å². The van der Waals surface area contributed by atoms with Crippen LogP contribution in [0.2, 0.25) is 0 Å². The van der Waals surface area contributed by atoms with Crippen molar-refractivity contribution in [3.05, 3.63) is 59.9 Å². The molecule has 0 bridgehead atoms. The van der Waals surface area contributed by atoms with Gasteiger partial charge in [-0.05, 0) is 42.2 Å². The van der Waals surface area contributed by atoms with Gasteiger partial charge in [0.15, 0.2) is 0 Å². The number of carboxylic acids is 1. The lowest BCUT2D eigenvalue weighted by Gasteiger charge is -2.10. The molecule has 108 valence electrons. The van der Waals surface area contributed by atoms with E-state index in [-0.39, 0.29) is 0 Å². The first kappa shape index (κ1) is 15.1. The Morgan fingerprint density at radius 1 is 1.29 bits per heavy atom. The van der Waals surface area contributed by atoms with Crippen LogP contribution in [0.5, 0.6) is 11.5 Å². The predicted molar refractivity (Wildman–Crippen MR) is 81.4 cm³/mol. The van der Waals surface area contributed by atoms with Crippen LogP contribution in [0.4, 0.5) is 4.39 Å². The van der Waals surface area contributed by atoms with E-state index in [1.165, 1.54) is 30.0 Å². The van der Waals surface area contributed by atoms with E-state index >= 15 is 0 Å². The van der Waals surface area contributed by atoms with E-state index in [0.717, 1.165) is 11.0 Å². The van der Waals surface area contributed by atoms with Gasteiger partial charge in [-0.1, -0.05) is 12.1 Å². The number of carbonyl (C=O) groups is 1. The molecule has 0 heterocycles. The SMILES string of the molecule is CSc1ccccc1Oc1cc(F)cc(/C=C/C(=O)O)c1. The fourth-order valence-corrected chi connectivity index (χ4v) is 2.26. The zero-order valence-corrected chi connectivity index (χ0v) is 12.1. The van der Waals surface area contributed by atoms with Gasteiger partial charge >= 0.3 is 5.97 Å². The second-order valence-electron chi connectivity index (χ2n) is 4.14. The molecule has 3 nitrogen and oxygen atoms in total. The number of thioether (sulfide) groups is 1. The van der Waals surface area contributed by atoms with E-state index in [1.807, 2.05) is 24.5 Å². The third kappa shape index (κ3) is 4.36. The predicted octanol–water partition coefficient (Wildman–Crippen LogP) is 4.44. The molecule has 0 radical (unpaired) electrons. The summed E-state index contributed by atoms with van der Waals surface area (Å²) in [7, 11) is 0. The van der Waals surface area contributed by atoms with E-state index in [4.69, 9.17) is 9.84 Å². The quantitative estimate of drug-likeness (QED) is 0.655. The first-order valence-electron chi connectivity index (χ1n) is 6.11. The molecule has 0 saturated carbocycles. The molecule has 0 aromatic heterocycles. The van der Waals surface area contributed by atoms with Crippen molar-refractivity contribution in [1.82, 2.24) is 0 Å². The molecule has 2 aromatic carbocycles. The van der Waals surface area contributed by atoms with Crippen LogP contribution < -0.4 is 4.74 Å². The number of halogens is 1. The molecule has 0 unspecified atom stereocenters. The molecule has 1 N–H and O–H groups in total. The maximum atomic E-state index is 13.6. The zero-order valence-electron chi connectivity index (χ0n) is 11.2. The maximum absolute atomic E-state index is 13.6. The first-order valence-corrected chi connectivity index (χ1v) is 7.33. The van der Waals surface area contributed by atoms with Crippen molar-refractivity contribution in [1.29, 1.82) is 0 Å². The lowest BCUT2D eigenvalue weighted by atomic mass is 10.2. The highest BCUT2D eigenvalue weighted by molar-refractivity contribution is 7.98. The Bertz CT molecular complexity index is 683. The minimum atomic E-state index is -1.09. The van der Waals surface area contributed by atoms with E-state index < -0.39 is 11.8 Å². The smallest absolute Gasteiger partial charge is 0.328 e. The van der Waals surface area contributed by atoms with Gasteiger partial charge in [0, 0.05) is 17.0 Å². The van der Waals surface area contributed by atoms with E-state index in [9.17, 15) is 9.18 Å². The second kappa shape index (κ2) is 6.95. The summed E-state index contributed by atoms with van der Waals surface area (Å²) in [5.41, 5.74) is 0.425. The monoisotopic (exact) mass is 304 g/mol. The number of ether oxygens (including phenoxy) is 1. The standard InChI is InChI=1S/C16H13FO3S/c1-21-15-5-3-2-4-14(15)20-13-9-11(6-7-16(18)19)8-12(17)10-13/h2-10H,1H3,(H,18,19)/b7-6+. The third-order valence-electron chi connectivity index (χ3n) is 2.61. The molecule has 21 heavy (non-hydrogen) atoms. The largest absolute Gasteiger partial charge is 0.478 e. The summed E-state index contributed by atoms with van der Waals surface area (Å²) in [5.74, 6) is -0.626. The van der Waals surface area contributed by atoms with Crippen molar-refractivity contribution in [2.75, 3.05) is 6.26 Å². The highest BCUT2D eigenvalue weighted by Gasteiger charge is 2.06. The van der Waals surface area contributed by atoms with Gasteiger partial charge in [-0.3, -0.25) is 0 Å². The van der Waals surface area contributed by atoms with Gasteiger partial charge < -0.3 is 9.84 Å². The average Bonchev–Trinajstić information content (AvgIpc) is 2.45. The first-order chi connectivity index (χ1) is 10.1. The Balaban J connectivity index is 2.30. The minimum Gasteiger partial charge on any atom is -0.478 e.